The molecular formula is C25H31N4O2+. The number of hydrogen-bond acceptors (Lipinski definition) is 3. The first kappa shape index (κ1) is 22.3. The second-order valence-corrected chi connectivity index (χ2v) is 7.90. The van der Waals surface area contributed by atoms with Crippen LogP contribution in [0.3, 0.4) is 0 Å². The molecule has 162 valence electrons. The molecule has 0 aliphatic heterocycles. The molecule has 2 aromatic carbocycles. The van der Waals surface area contributed by atoms with Crippen molar-refractivity contribution in [1.82, 2.24) is 9.78 Å². The smallest absolute Gasteiger partial charge is 0.279 e. The normalized spacial score (nSPS) is 11.7. The summed E-state index contributed by atoms with van der Waals surface area (Å²) in [5, 5.41) is 7.67. The minimum atomic E-state index is -0.0295. The van der Waals surface area contributed by atoms with E-state index in [1.165, 1.54) is 5.56 Å². The number of likely N-dealkylation sites (N-methyl/N-ethyl adjacent to an activating group) is 1. The maximum Gasteiger partial charge on any atom is 0.279 e. The number of hydrogen-bond donors (Lipinski definition) is 2. The molecule has 1 atom stereocenters. The van der Waals surface area contributed by atoms with Crippen LogP contribution in [0, 0.1) is 20.8 Å². The number of ether oxygens (including phenoxy) is 1. The van der Waals surface area contributed by atoms with Crippen molar-refractivity contribution in [3.05, 3.63) is 83.7 Å². The van der Waals surface area contributed by atoms with Crippen LogP contribution >= 0.6 is 0 Å². The predicted molar refractivity (Wildman–Crippen MR) is 124 cm³/mol. The van der Waals surface area contributed by atoms with E-state index in [9.17, 15) is 4.79 Å². The van der Waals surface area contributed by atoms with Crippen molar-refractivity contribution in [2.45, 2.75) is 27.3 Å². The lowest BCUT2D eigenvalue weighted by Gasteiger charge is -2.14. The van der Waals surface area contributed by atoms with Gasteiger partial charge in [0.25, 0.3) is 5.91 Å². The molecule has 0 saturated carbocycles. The van der Waals surface area contributed by atoms with Crippen LogP contribution in [0.1, 0.15) is 22.5 Å². The third-order valence-electron chi connectivity index (χ3n) is 5.09. The van der Waals surface area contributed by atoms with E-state index in [1.54, 1.807) is 6.08 Å². The molecule has 0 fully saturated rings. The Morgan fingerprint density at radius 2 is 1.81 bits per heavy atom. The van der Waals surface area contributed by atoms with Crippen molar-refractivity contribution >= 4 is 11.6 Å². The summed E-state index contributed by atoms with van der Waals surface area (Å²) >= 11 is 0. The van der Waals surface area contributed by atoms with Crippen LogP contribution in [-0.2, 0) is 11.3 Å². The Morgan fingerprint density at radius 1 is 1.13 bits per heavy atom. The quantitative estimate of drug-likeness (QED) is 0.524. The lowest BCUT2D eigenvalue weighted by Crippen LogP contribution is -3.08. The summed E-state index contributed by atoms with van der Waals surface area (Å²) in [4.78, 5) is 13.8. The van der Waals surface area contributed by atoms with Crippen molar-refractivity contribution < 1.29 is 14.4 Å². The highest BCUT2D eigenvalue weighted by Gasteiger charge is 2.17. The Morgan fingerprint density at radius 3 is 2.45 bits per heavy atom. The van der Waals surface area contributed by atoms with Gasteiger partial charge in [-0.05, 0) is 57.2 Å². The van der Waals surface area contributed by atoms with Gasteiger partial charge in [-0.2, -0.15) is 5.10 Å². The number of benzene rings is 2. The molecule has 0 spiro atoms. The van der Waals surface area contributed by atoms with Crippen LogP contribution < -0.4 is 15.0 Å². The zero-order chi connectivity index (χ0) is 22.4. The van der Waals surface area contributed by atoms with Crippen molar-refractivity contribution in [2.24, 2.45) is 0 Å². The Labute approximate surface area is 184 Å². The second kappa shape index (κ2) is 10.1. The SMILES string of the molecule is C=CCOc1ccc(C[NH+](C)CC(=O)Nc2c(C)nn(-c3ccc(C)cc3)c2C)cc1. The maximum absolute atomic E-state index is 12.7. The van der Waals surface area contributed by atoms with E-state index in [1.807, 2.05) is 62.0 Å². The number of aromatic nitrogens is 2. The van der Waals surface area contributed by atoms with Gasteiger partial charge in [-0.1, -0.05) is 30.4 Å². The minimum absolute atomic E-state index is 0.0295. The van der Waals surface area contributed by atoms with E-state index in [4.69, 9.17) is 4.74 Å². The van der Waals surface area contributed by atoms with E-state index in [0.717, 1.165) is 45.5 Å². The van der Waals surface area contributed by atoms with Crippen molar-refractivity contribution in [3.63, 3.8) is 0 Å². The molecule has 0 bridgehead atoms. The highest BCUT2D eigenvalue weighted by molar-refractivity contribution is 5.92. The van der Waals surface area contributed by atoms with E-state index in [0.29, 0.717) is 13.2 Å². The van der Waals surface area contributed by atoms with Crippen LogP contribution in [0.2, 0.25) is 0 Å². The van der Waals surface area contributed by atoms with Gasteiger partial charge in [0.05, 0.1) is 29.8 Å². The van der Waals surface area contributed by atoms with Crippen molar-refractivity contribution in [2.75, 3.05) is 25.5 Å². The number of amides is 1. The van der Waals surface area contributed by atoms with E-state index < -0.39 is 0 Å². The summed E-state index contributed by atoms with van der Waals surface area (Å²) in [5.74, 6) is 0.786. The molecule has 1 heterocycles. The molecule has 1 amide bonds. The van der Waals surface area contributed by atoms with Crippen molar-refractivity contribution in [1.29, 1.82) is 0 Å². The number of rotatable bonds is 9. The summed E-state index contributed by atoms with van der Waals surface area (Å²) in [6.45, 7) is 11.2. The molecule has 2 N–H and O–H groups in total. The van der Waals surface area contributed by atoms with Gasteiger partial charge < -0.3 is 15.0 Å². The fourth-order valence-corrected chi connectivity index (χ4v) is 3.49. The maximum atomic E-state index is 12.7. The van der Waals surface area contributed by atoms with Gasteiger partial charge in [0, 0.05) is 5.56 Å². The minimum Gasteiger partial charge on any atom is -0.490 e. The number of aryl methyl sites for hydroxylation is 2. The van der Waals surface area contributed by atoms with Gasteiger partial charge in [-0.25, -0.2) is 4.68 Å². The summed E-state index contributed by atoms with van der Waals surface area (Å²) < 4.78 is 7.38. The summed E-state index contributed by atoms with van der Waals surface area (Å²) in [6, 6.07) is 16.1. The molecule has 0 aliphatic carbocycles. The van der Waals surface area contributed by atoms with Crippen LogP contribution in [-0.4, -0.2) is 35.9 Å². The Hall–Kier alpha value is -3.38. The second-order valence-electron chi connectivity index (χ2n) is 7.90. The average molecular weight is 420 g/mol. The first-order valence-electron chi connectivity index (χ1n) is 10.4. The number of anilines is 1. The molecule has 0 aliphatic rings. The topological polar surface area (TPSA) is 60.6 Å². The molecule has 1 unspecified atom stereocenters. The zero-order valence-corrected chi connectivity index (χ0v) is 18.7. The predicted octanol–water partition coefficient (Wildman–Crippen LogP) is 3.02. The summed E-state index contributed by atoms with van der Waals surface area (Å²) in [7, 11) is 2.01. The number of nitrogens with one attached hydrogen (secondary N) is 2. The molecule has 3 aromatic rings. The third kappa shape index (κ3) is 5.83. The van der Waals surface area contributed by atoms with Gasteiger partial charge in [0.1, 0.15) is 18.9 Å². The lowest BCUT2D eigenvalue weighted by molar-refractivity contribution is -0.885. The average Bonchev–Trinajstić information content (AvgIpc) is 3.02. The summed E-state index contributed by atoms with van der Waals surface area (Å²) in [6.07, 6.45) is 1.72. The highest BCUT2D eigenvalue weighted by Crippen LogP contribution is 2.22. The fourth-order valence-electron chi connectivity index (χ4n) is 3.49. The third-order valence-corrected chi connectivity index (χ3v) is 5.09. The van der Waals surface area contributed by atoms with Crippen LogP contribution in [0.5, 0.6) is 5.75 Å². The number of nitrogens with zero attached hydrogens (tertiary/aromatic N) is 2. The van der Waals surface area contributed by atoms with Gasteiger partial charge in [0.15, 0.2) is 6.54 Å². The Kier molecular flexibility index (Phi) is 7.26. The number of carbonyl (C=O) groups excluding carboxylic acids is 1. The molecule has 0 radical (unpaired) electrons. The van der Waals surface area contributed by atoms with Crippen LogP contribution in [0.15, 0.2) is 61.2 Å². The highest BCUT2D eigenvalue weighted by atomic mass is 16.5. The number of quaternary nitrogens is 1. The first-order valence-corrected chi connectivity index (χ1v) is 10.4. The van der Waals surface area contributed by atoms with E-state index >= 15 is 0 Å². The van der Waals surface area contributed by atoms with Crippen molar-refractivity contribution in [3.8, 4) is 11.4 Å². The first-order chi connectivity index (χ1) is 14.9. The van der Waals surface area contributed by atoms with Gasteiger partial charge in [-0.3, -0.25) is 4.79 Å². The standard InChI is InChI=1S/C25H30N4O2/c1-6-15-31-23-13-9-21(10-14-23)16-28(5)17-24(30)26-25-19(3)27-29(20(25)4)22-11-7-18(2)8-12-22/h6-14H,1,15-17H2,2-5H3,(H,26,30)/p+1. The molecular weight excluding hydrogens is 388 g/mol. The molecule has 3 rings (SSSR count). The molecule has 0 saturated heterocycles. The van der Waals surface area contributed by atoms with Gasteiger partial charge in [0.2, 0.25) is 0 Å². The van der Waals surface area contributed by atoms with E-state index in [-0.39, 0.29) is 5.91 Å². The molecule has 6 nitrogen and oxygen atoms in total. The molecule has 31 heavy (non-hydrogen) atoms. The Bertz CT molecular complexity index is 1040. The van der Waals surface area contributed by atoms with E-state index in [2.05, 4.69) is 36.1 Å². The lowest BCUT2D eigenvalue weighted by atomic mass is 10.2. The zero-order valence-electron chi connectivity index (χ0n) is 18.7. The molecule has 1 aromatic heterocycles. The monoisotopic (exact) mass is 419 g/mol. The van der Waals surface area contributed by atoms with Gasteiger partial charge >= 0.3 is 0 Å². The fraction of sp³-hybridized carbons (Fsp3) is 0.280. The van der Waals surface area contributed by atoms with Crippen LogP contribution in [0.25, 0.3) is 5.69 Å². The Balaban J connectivity index is 1.60. The molecule has 6 heteroatoms. The van der Waals surface area contributed by atoms with Gasteiger partial charge in [-0.15, -0.1) is 0 Å². The summed E-state index contributed by atoms with van der Waals surface area (Å²) in [5.41, 5.74) is 5.83. The number of carbonyl (C=O) groups is 1. The largest absolute Gasteiger partial charge is 0.490 e. The van der Waals surface area contributed by atoms with Crippen LogP contribution in [0.4, 0.5) is 5.69 Å².